The smallest absolute Gasteiger partial charge is 0.416 e. The zero-order valence-corrected chi connectivity index (χ0v) is 19.4. The monoisotopic (exact) mass is 532 g/mol. The summed E-state index contributed by atoms with van der Waals surface area (Å²) in [6.45, 7) is -0.154. The van der Waals surface area contributed by atoms with E-state index in [0.29, 0.717) is 10.8 Å². The number of rotatable bonds is 8. The third-order valence-electron chi connectivity index (χ3n) is 4.89. The van der Waals surface area contributed by atoms with E-state index < -0.39 is 28.3 Å². The first-order chi connectivity index (χ1) is 17.6. The molecule has 190 valence electrons. The molecular weight excluding hydrogens is 517 g/mol. The normalized spacial score (nSPS) is 11.1. The molecule has 0 unspecified atom stereocenters. The topological polar surface area (TPSA) is 109 Å². The van der Waals surface area contributed by atoms with Crippen LogP contribution in [0.1, 0.15) is 16.1 Å². The maximum Gasteiger partial charge on any atom is 0.416 e. The quantitative estimate of drug-likeness (QED) is 0.204. The van der Waals surface area contributed by atoms with Crippen LogP contribution in [0.3, 0.4) is 0 Å². The number of nitrogens with zero attached hydrogens (tertiary/aromatic N) is 3. The van der Waals surface area contributed by atoms with Gasteiger partial charge in [0, 0.05) is 18.3 Å². The number of para-hydroxylation sites is 1. The van der Waals surface area contributed by atoms with Crippen LogP contribution < -0.4 is 14.8 Å². The Morgan fingerprint density at radius 1 is 1.05 bits per heavy atom. The van der Waals surface area contributed by atoms with Crippen LogP contribution in [-0.4, -0.2) is 20.6 Å². The number of nitro groups is 1. The fourth-order valence-corrected chi connectivity index (χ4v) is 3.40. The Morgan fingerprint density at radius 2 is 1.84 bits per heavy atom. The van der Waals surface area contributed by atoms with Crippen molar-refractivity contribution in [2.24, 2.45) is 0 Å². The van der Waals surface area contributed by atoms with Crippen molar-refractivity contribution in [3.63, 3.8) is 0 Å². The average molecular weight is 533 g/mol. The summed E-state index contributed by atoms with van der Waals surface area (Å²) in [4.78, 5) is 23.6. The molecule has 0 radical (unpaired) electrons. The predicted octanol–water partition coefficient (Wildman–Crippen LogP) is 6.54. The summed E-state index contributed by atoms with van der Waals surface area (Å²) in [7, 11) is 0. The lowest BCUT2D eigenvalue weighted by Crippen LogP contribution is -2.19. The van der Waals surface area contributed by atoms with Gasteiger partial charge in [0.2, 0.25) is 0 Å². The third-order valence-corrected chi connectivity index (χ3v) is 5.20. The lowest BCUT2D eigenvalue weighted by Gasteiger charge is -2.12. The first-order valence-corrected chi connectivity index (χ1v) is 10.8. The van der Waals surface area contributed by atoms with E-state index in [-0.39, 0.29) is 29.6 Å². The fourth-order valence-electron chi connectivity index (χ4n) is 3.21. The molecule has 0 saturated carbocycles. The van der Waals surface area contributed by atoms with Crippen LogP contribution in [0.4, 0.5) is 24.5 Å². The largest absolute Gasteiger partial charge is 0.470 e. The van der Waals surface area contributed by atoms with Crippen molar-refractivity contribution in [2.45, 2.75) is 12.9 Å². The minimum atomic E-state index is -4.60. The minimum Gasteiger partial charge on any atom is -0.470 e. The molecular formula is C24H16ClF3N4O5. The van der Waals surface area contributed by atoms with Crippen LogP contribution in [0, 0.1) is 10.1 Å². The van der Waals surface area contributed by atoms with Gasteiger partial charge in [0.1, 0.15) is 22.9 Å². The molecule has 1 amide bonds. The molecule has 37 heavy (non-hydrogen) atoms. The molecule has 0 aliphatic carbocycles. The molecule has 0 fully saturated rings. The molecule has 4 rings (SSSR count). The number of aromatic nitrogens is 2. The van der Waals surface area contributed by atoms with E-state index in [2.05, 4.69) is 10.4 Å². The fraction of sp³-hybridized carbons (Fsp3) is 0.0833. The van der Waals surface area contributed by atoms with Gasteiger partial charge >= 0.3 is 6.18 Å². The summed E-state index contributed by atoms with van der Waals surface area (Å²) in [5.74, 6) is -0.645. The zero-order valence-electron chi connectivity index (χ0n) is 18.6. The molecule has 0 saturated heterocycles. The Bertz CT molecular complexity index is 1460. The van der Waals surface area contributed by atoms with Gasteiger partial charge in [-0.1, -0.05) is 29.8 Å². The number of carbonyl (C=O) groups is 1. The number of hydrogen-bond acceptors (Lipinski definition) is 6. The number of non-ortho nitro benzene ring substituents is 1. The van der Waals surface area contributed by atoms with Gasteiger partial charge in [-0.05, 0) is 36.4 Å². The van der Waals surface area contributed by atoms with Gasteiger partial charge in [-0.3, -0.25) is 14.9 Å². The van der Waals surface area contributed by atoms with E-state index in [0.717, 1.165) is 30.3 Å². The van der Waals surface area contributed by atoms with Gasteiger partial charge in [0.15, 0.2) is 6.73 Å². The molecule has 0 aliphatic heterocycles. The molecule has 0 spiro atoms. The molecule has 13 heteroatoms. The SMILES string of the molecule is O=C(Nc1cc(Oc2cccc(C(F)(F)F)c2)cc([N+](=O)[O-])c1)c1ccnn1COc1ccccc1Cl. The van der Waals surface area contributed by atoms with Crippen molar-refractivity contribution < 1.29 is 32.4 Å². The predicted molar refractivity (Wildman–Crippen MR) is 127 cm³/mol. The molecule has 0 aliphatic rings. The highest BCUT2D eigenvalue weighted by Gasteiger charge is 2.30. The first kappa shape index (κ1) is 25.5. The van der Waals surface area contributed by atoms with Crippen LogP contribution in [-0.2, 0) is 12.9 Å². The van der Waals surface area contributed by atoms with Crippen molar-refractivity contribution in [1.82, 2.24) is 9.78 Å². The summed E-state index contributed by atoms with van der Waals surface area (Å²) in [6.07, 6.45) is -3.24. The highest BCUT2D eigenvalue weighted by Crippen LogP contribution is 2.34. The summed E-state index contributed by atoms with van der Waals surface area (Å²) in [6, 6.07) is 15.5. The van der Waals surface area contributed by atoms with Crippen LogP contribution in [0.5, 0.6) is 17.2 Å². The number of nitro benzene ring substituents is 1. The summed E-state index contributed by atoms with van der Waals surface area (Å²) in [5, 5.41) is 18.3. The van der Waals surface area contributed by atoms with Gasteiger partial charge in [0.25, 0.3) is 11.6 Å². The number of anilines is 1. The summed E-state index contributed by atoms with van der Waals surface area (Å²) in [5.41, 5.74) is -1.36. The zero-order chi connectivity index (χ0) is 26.6. The molecule has 0 atom stereocenters. The lowest BCUT2D eigenvalue weighted by atomic mass is 10.2. The summed E-state index contributed by atoms with van der Waals surface area (Å²) >= 11 is 6.06. The first-order valence-electron chi connectivity index (χ1n) is 10.5. The van der Waals surface area contributed by atoms with E-state index in [1.807, 2.05) is 0 Å². The maximum atomic E-state index is 13.0. The van der Waals surface area contributed by atoms with Gasteiger partial charge in [-0.25, -0.2) is 4.68 Å². The second kappa shape index (κ2) is 10.6. The second-order valence-corrected chi connectivity index (χ2v) is 7.88. The van der Waals surface area contributed by atoms with Crippen molar-refractivity contribution in [1.29, 1.82) is 0 Å². The van der Waals surface area contributed by atoms with Gasteiger partial charge < -0.3 is 14.8 Å². The Morgan fingerprint density at radius 3 is 2.57 bits per heavy atom. The Labute approximate surface area is 212 Å². The Balaban J connectivity index is 1.54. The second-order valence-electron chi connectivity index (χ2n) is 7.47. The maximum absolute atomic E-state index is 13.0. The van der Waals surface area contributed by atoms with E-state index >= 15 is 0 Å². The molecule has 4 aromatic rings. The summed E-state index contributed by atoms with van der Waals surface area (Å²) < 4.78 is 51.3. The number of ether oxygens (including phenoxy) is 2. The van der Waals surface area contributed by atoms with Gasteiger partial charge in [-0.2, -0.15) is 18.3 Å². The molecule has 0 bridgehead atoms. The van der Waals surface area contributed by atoms with Crippen LogP contribution in [0.15, 0.2) is 79.0 Å². The van der Waals surface area contributed by atoms with Crippen molar-refractivity contribution >= 4 is 28.9 Å². The molecule has 3 aromatic carbocycles. The van der Waals surface area contributed by atoms with E-state index in [1.54, 1.807) is 24.3 Å². The number of nitrogens with one attached hydrogen (secondary N) is 1. The highest BCUT2D eigenvalue weighted by molar-refractivity contribution is 6.32. The number of alkyl halides is 3. The minimum absolute atomic E-state index is 0.0269. The van der Waals surface area contributed by atoms with E-state index in [9.17, 15) is 28.1 Å². The van der Waals surface area contributed by atoms with E-state index in [4.69, 9.17) is 21.1 Å². The molecule has 1 N–H and O–H groups in total. The standard InChI is InChI=1S/C24H16ClF3N4O5/c25-20-6-1-2-7-22(20)36-14-31-21(8-9-29-31)23(33)30-16-11-17(32(34)35)13-19(12-16)37-18-5-3-4-15(10-18)24(26,27)28/h1-13H,14H2,(H,30,33). The Hall–Kier alpha value is -4.58. The van der Waals surface area contributed by atoms with Crippen LogP contribution in [0.2, 0.25) is 5.02 Å². The number of hydrogen-bond donors (Lipinski definition) is 1. The van der Waals surface area contributed by atoms with Gasteiger partial charge in [-0.15, -0.1) is 0 Å². The van der Waals surface area contributed by atoms with Crippen molar-refractivity contribution in [3.8, 4) is 17.2 Å². The average Bonchev–Trinajstić information content (AvgIpc) is 3.32. The van der Waals surface area contributed by atoms with Crippen molar-refractivity contribution in [2.75, 3.05) is 5.32 Å². The number of carbonyl (C=O) groups excluding carboxylic acids is 1. The lowest BCUT2D eigenvalue weighted by molar-refractivity contribution is -0.384. The Kier molecular flexibility index (Phi) is 7.30. The molecule has 1 aromatic heterocycles. The third kappa shape index (κ3) is 6.35. The van der Waals surface area contributed by atoms with Crippen LogP contribution >= 0.6 is 11.6 Å². The van der Waals surface area contributed by atoms with Gasteiger partial charge in [0.05, 0.1) is 27.3 Å². The van der Waals surface area contributed by atoms with Crippen LogP contribution in [0.25, 0.3) is 0 Å². The van der Waals surface area contributed by atoms with Crippen molar-refractivity contribution in [3.05, 3.63) is 105 Å². The number of halogens is 4. The number of benzene rings is 3. The molecule has 9 nitrogen and oxygen atoms in total. The highest BCUT2D eigenvalue weighted by atomic mass is 35.5. The molecule has 1 heterocycles. The number of amides is 1. The van der Waals surface area contributed by atoms with E-state index in [1.165, 1.54) is 29.1 Å².